The van der Waals surface area contributed by atoms with E-state index in [0.717, 1.165) is 5.56 Å². The number of esters is 1. The summed E-state index contributed by atoms with van der Waals surface area (Å²) < 4.78 is 41.4. The highest BCUT2D eigenvalue weighted by atomic mass is 19.4. The molecular weight excluding hydrogens is 405 g/mol. The van der Waals surface area contributed by atoms with Crippen LogP contribution in [0.5, 0.6) is 0 Å². The van der Waals surface area contributed by atoms with E-state index in [-0.39, 0.29) is 32.5 Å². The Bertz CT molecular complexity index is 683. The number of unbranched alkanes of at least 4 members (excludes halogenated alkanes) is 1. The Kier molecular flexibility index (Phi) is 10.9. The van der Waals surface area contributed by atoms with Gasteiger partial charge >= 0.3 is 24.0 Å². The SMILES string of the molecule is CCOC(=O)[C@@H](CCN[C@@H](CCCCNC(=O)C(F)(F)F)C(=O)O)c1ccccc1. The number of halogens is 3. The molecule has 3 N–H and O–H groups in total. The van der Waals surface area contributed by atoms with Gasteiger partial charge in [-0.3, -0.25) is 14.4 Å². The number of nitrogens with one attached hydrogen (secondary N) is 2. The van der Waals surface area contributed by atoms with E-state index in [0.29, 0.717) is 12.8 Å². The predicted molar refractivity (Wildman–Crippen MR) is 103 cm³/mol. The Morgan fingerprint density at radius 1 is 1.07 bits per heavy atom. The lowest BCUT2D eigenvalue weighted by atomic mass is 9.95. The van der Waals surface area contributed by atoms with Crippen molar-refractivity contribution in [3.05, 3.63) is 35.9 Å². The normalized spacial score (nSPS) is 13.3. The molecule has 1 rings (SSSR count). The van der Waals surface area contributed by atoms with Gasteiger partial charge < -0.3 is 20.5 Å². The minimum atomic E-state index is -4.93. The minimum Gasteiger partial charge on any atom is -0.480 e. The Balaban J connectivity index is 2.47. The zero-order chi connectivity index (χ0) is 22.6. The van der Waals surface area contributed by atoms with Gasteiger partial charge in [-0.15, -0.1) is 0 Å². The molecule has 0 unspecified atom stereocenters. The summed E-state index contributed by atoms with van der Waals surface area (Å²) in [6.45, 7) is 1.98. The molecule has 1 amide bonds. The van der Waals surface area contributed by atoms with Crippen LogP contribution in [0.25, 0.3) is 0 Å². The third-order valence-corrected chi connectivity index (χ3v) is 4.36. The van der Waals surface area contributed by atoms with Gasteiger partial charge in [0.2, 0.25) is 0 Å². The summed E-state index contributed by atoms with van der Waals surface area (Å²) in [6.07, 6.45) is -3.91. The monoisotopic (exact) mass is 432 g/mol. The van der Waals surface area contributed by atoms with Crippen molar-refractivity contribution < 1.29 is 37.4 Å². The molecule has 1 aromatic carbocycles. The molecule has 0 aliphatic rings. The molecule has 1 aromatic rings. The number of benzene rings is 1. The van der Waals surface area contributed by atoms with Crippen LogP contribution >= 0.6 is 0 Å². The fraction of sp³-hybridized carbons (Fsp3) is 0.550. The van der Waals surface area contributed by atoms with Crippen LogP contribution in [-0.2, 0) is 19.1 Å². The molecule has 7 nitrogen and oxygen atoms in total. The van der Waals surface area contributed by atoms with Gasteiger partial charge in [0.05, 0.1) is 12.5 Å². The molecule has 0 fully saturated rings. The lowest BCUT2D eigenvalue weighted by Crippen LogP contribution is -2.39. The zero-order valence-electron chi connectivity index (χ0n) is 16.7. The number of carbonyl (C=O) groups is 3. The number of ether oxygens (including phenoxy) is 1. The van der Waals surface area contributed by atoms with Crippen molar-refractivity contribution in [2.45, 2.75) is 50.7 Å². The fourth-order valence-electron chi connectivity index (χ4n) is 2.84. The molecule has 0 saturated heterocycles. The van der Waals surface area contributed by atoms with Crippen LogP contribution in [0.2, 0.25) is 0 Å². The van der Waals surface area contributed by atoms with Gasteiger partial charge in [0.25, 0.3) is 0 Å². The van der Waals surface area contributed by atoms with Crippen LogP contribution in [0.3, 0.4) is 0 Å². The molecule has 30 heavy (non-hydrogen) atoms. The first-order chi connectivity index (χ1) is 14.2. The van der Waals surface area contributed by atoms with Crippen molar-refractivity contribution in [2.24, 2.45) is 0 Å². The Hall–Kier alpha value is -2.62. The molecule has 0 spiro atoms. The average molecular weight is 432 g/mol. The maximum absolute atomic E-state index is 12.2. The average Bonchev–Trinajstić information content (AvgIpc) is 2.69. The van der Waals surface area contributed by atoms with Crippen LogP contribution in [0, 0.1) is 0 Å². The second-order valence-corrected chi connectivity index (χ2v) is 6.60. The predicted octanol–water partition coefficient (Wildman–Crippen LogP) is 2.62. The summed E-state index contributed by atoms with van der Waals surface area (Å²) in [5, 5.41) is 13.9. The van der Waals surface area contributed by atoms with Gasteiger partial charge in [-0.2, -0.15) is 13.2 Å². The summed E-state index contributed by atoms with van der Waals surface area (Å²) in [6, 6.07) is 8.10. The highest BCUT2D eigenvalue weighted by molar-refractivity contribution is 5.81. The largest absolute Gasteiger partial charge is 0.480 e. The number of hydrogen-bond acceptors (Lipinski definition) is 5. The summed E-state index contributed by atoms with van der Waals surface area (Å²) in [7, 11) is 0. The smallest absolute Gasteiger partial charge is 0.471 e. The van der Waals surface area contributed by atoms with Crippen molar-refractivity contribution in [1.29, 1.82) is 0 Å². The van der Waals surface area contributed by atoms with E-state index in [1.807, 2.05) is 6.07 Å². The third-order valence-electron chi connectivity index (χ3n) is 4.36. The third kappa shape index (κ3) is 9.25. The molecule has 0 bridgehead atoms. The lowest BCUT2D eigenvalue weighted by Gasteiger charge is -2.19. The maximum atomic E-state index is 12.2. The summed E-state index contributed by atoms with van der Waals surface area (Å²) in [5.41, 5.74) is 0.769. The van der Waals surface area contributed by atoms with Crippen molar-refractivity contribution in [1.82, 2.24) is 10.6 Å². The first-order valence-corrected chi connectivity index (χ1v) is 9.69. The van der Waals surface area contributed by atoms with Gasteiger partial charge in [0, 0.05) is 6.54 Å². The molecule has 0 aliphatic carbocycles. The number of carbonyl (C=O) groups excluding carboxylic acids is 2. The van der Waals surface area contributed by atoms with Crippen molar-refractivity contribution in [3.63, 3.8) is 0 Å². The Morgan fingerprint density at radius 2 is 1.73 bits per heavy atom. The van der Waals surface area contributed by atoms with E-state index in [2.05, 4.69) is 5.32 Å². The molecule has 0 radical (unpaired) electrons. The number of carboxylic acids is 1. The summed E-state index contributed by atoms with van der Waals surface area (Å²) >= 11 is 0. The molecule has 0 aliphatic heterocycles. The lowest BCUT2D eigenvalue weighted by molar-refractivity contribution is -0.173. The van der Waals surface area contributed by atoms with Gasteiger partial charge in [0.1, 0.15) is 6.04 Å². The minimum absolute atomic E-state index is 0.173. The molecule has 0 aromatic heterocycles. The van der Waals surface area contributed by atoms with Crippen LogP contribution in [0.1, 0.15) is 44.1 Å². The standard InChI is InChI=1S/C20H27F3N2O5/c1-2-30-18(28)15(14-8-4-3-5-9-14)11-13-24-16(17(26)27)10-6-7-12-25-19(29)20(21,22)23/h3-5,8-9,15-16,24H,2,6-7,10-13H2,1H3,(H,25,29)(H,26,27)/t15-,16-/m0/s1. The highest BCUT2D eigenvalue weighted by Gasteiger charge is 2.38. The van der Waals surface area contributed by atoms with E-state index < -0.39 is 36.0 Å². The number of aliphatic carboxylic acids is 1. The molecule has 2 atom stereocenters. The fourth-order valence-corrected chi connectivity index (χ4v) is 2.84. The van der Waals surface area contributed by atoms with Gasteiger partial charge in [-0.05, 0) is 44.7 Å². The summed E-state index contributed by atoms with van der Waals surface area (Å²) in [5.74, 6) is -4.04. The topological polar surface area (TPSA) is 105 Å². The second kappa shape index (κ2) is 12.8. The number of hydrogen-bond donors (Lipinski definition) is 3. The van der Waals surface area contributed by atoms with Crippen LogP contribution < -0.4 is 10.6 Å². The second-order valence-electron chi connectivity index (χ2n) is 6.60. The summed E-state index contributed by atoms with van der Waals surface area (Å²) in [4.78, 5) is 34.4. The molecule has 10 heteroatoms. The maximum Gasteiger partial charge on any atom is 0.471 e. The molecule has 0 heterocycles. The molecule has 0 saturated carbocycles. The first kappa shape index (κ1) is 25.4. The van der Waals surface area contributed by atoms with E-state index >= 15 is 0 Å². The molecular formula is C20H27F3N2O5. The van der Waals surface area contributed by atoms with Gasteiger partial charge in [-0.1, -0.05) is 30.3 Å². The quantitative estimate of drug-likeness (QED) is 0.327. The van der Waals surface area contributed by atoms with Crippen LogP contribution in [0.15, 0.2) is 30.3 Å². The van der Waals surface area contributed by atoms with Crippen LogP contribution in [-0.4, -0.2) is 54.9 Å². The number of alkyl halides is 3. The van der Waals surface area contributed by atoms with Gasteiger partial charge in [0.15, 0.2) is 0 Å². The molecule has 168 valence electrons. The number of carboxylic acid groups (broad SMARTS) is 1. The van der Waals surface area contributed by atoms with E-state index in [4.69, 9.17) is 4.74 Å². The van der Waals surface area contributed by atoms with Gasteiger partial charge in [-0.25, -0.2) is 0 Å². The van der Waals surface area contributed by atoms with Crippen molar-refractivity contribution in [3.8, 4) is 0 Å². The van der Waals surface area contributed by atoms with E-state index in [1.54, 1.807) is 36.5 Å². The Labute approximate surface area is 173 Å². The van der Waals surface area contributed by atoms with E-state index in [9.17, 15) is 32.7 Å². The Morgan fingerprint density at radius 3 is 2.30 bits per heavy atom. The van der Waals surface area contributed by atoms with Crippen molar-refractivity contribution >= 4 is 17.8 Å². The number of rotatable bonds is 13. The highest BCUT2D eigenvalue weighted by Crippen LogP contribution is 2.21. The number of amides is 1. The van der Waals surface area contributed by atoms with Crippen LogP contribution in [0.4, 0.5) is 13.2 Å². The van der Waals surface area contributed by atoms with E-state index in [1.165, 1.54) is 0 Å². The first-order valence-electron chi connectivity index (χ1n) is 9.69. The zero-order valence-corrected chi connectivity index (χ0v) is 16.7. The van der Waals surface area contributed by atoms with Crippen molar-refractivity contribution in [2.75, 3.05) is 19.7 Å².